The van der Waals surface area contributed by atoms with Crippen molar-refractivity contribution in [2.75, 3.05) is 38.2 Å². The van der Waals surface area contributed by atoms with Gasteiger partial charge in [-0.25, -0.2) is 4.98 Å². The maximum atomic E-state index is 12.3. The molecule has 7 heteroatoms. The number of carbonyl (C=O) groups is 2. The number of piperidine rings is 2. The predicted octanol–water partition coefficient (Wildman–Crippen LogP) is 1.55. The molecule has 1 atom stereocenters. The van der Waals surface area contributed by atoms with Crippen LogP contribution in [0.15, 0.2) is 12.5 Å². The fourth-order valence-electron chi connectivity index (χ4n) is 3.95. The van der Waals surface area contributed by atoms with Gasteiger partial charge in [-0.1, -0.05) is 0 Å². The highest BCUT2D eigenvalue weighted by molar-refractivity contribution is 7.99. The zero-order valence-electron chi connectivity index (χ0n) is 14.3. The van der Waals surface area contributed by atoms with Gasteiger partial charge in [0.05, 0.1) is 12.1 Å². The molecule has 24 heavy (non-hydrogen) atoms. The molecule has 0 unspecified atom stereocenters. The summed E-state index contributed by atoms with van der Waals surface area (Å²) in [6, 6.07) is 0. The van der Waals surface area contributed by atoms with Crippen LogP contribution < -0.4 is 0 Å². The van der Waals surface area contributed by atoms with Crippen LogP contribution in [0.2, 0.25) is 0 Å². The van der Waals surface area contributed by atoms with Crippen molar-refractivity contribution in [1.82, 2.24) is 19.8 Å². The number of thioether (sulfide) groups is 1. The molecule has 1 aromatic heterocycles. The first-order valence-corrected chi connectivity index (χ1v) is 10.0. The summed E-state index contributed by atoms with van der Waals surface area (Å²) < 4.78 is 0. The molecule has 0 radical (unpaired) electrons. The topological polar surface area (TPSA) is 69.3 Å². The summed E-state index contributed by atoms with van der Waals surface area (Å²) in [6.45, 7) is 3.17. The summed E-state index contributed by atoms with van der Waals surface area (Å²) >= 11 is 1.58. The van der Waals surface area contributed by atoms with Crippen LogP contribution in [0, 0.1) is 5.41 Å². The molecule has 132 valence electrons. The number of aromatic nitrogens is 2. The maximum Gasteiger partial charge on any atom is 0.232 e. The van der Waals surface area contributed by atoms with Crippen molar-refractivity contribution in [1.29, 1.82) is 0 Å². The molecule has 6 nitrogen and oxygen atoms in total. The van der Waals surface area contributed by atoms with Gasteiger partial charge in [-0.15, -0.1) is 0 Å². The monoisotopic (exact) mass is 350 g/mol. The van der Waals surface area contributed by atoms with Gasteiger partial charge in [0.2, 0.25) is 11.8 Å². The number of likely N-dealkylation sites (tertiary alicyclic amines) is 2. The van der Waals surface area contributed by atoms with Crippen LogP contribution in [0.3, 0.4) is 0 Å². The number of hydrogen-bond acceptors (Lipinski definition) is 4. The number of nitrogens with one attached hydrogen (secondary N) is 1. The van der Waals surface area contributed by atoms with E-state index in [9.17, 15) is 9.59 Å². The lowest BCUT2D eigenvalue weighted by Crippen LogP contribution is -2.55. The molecule has 0 saturated carbocycles. The first-order valence-electron chi connectivity index (χ1n) is 8.64. The number of aromatic amines is 1. The second kappa shape index (κ2) is 7.59. The van der Waals surface area contributed by atoms with Crippen LogP contribution in [0.5, 0.6) is 0 Å². The first-order chi connectivity index (χ1) is 11.6. The van der Waals surface area contributed by atoms with E-state index in [4.69, 9.17) is 0 Å². The Hall–Kier alpha value is -1.50. The van der Waals surface area contributed by atoms with Crippen LogP contribution in [0.4, 0.5) is 0 Å². The molecule has 0 aromatic carbocycles. The Kier molecular flexibility index (Phi) is 5.48. The minimum atomic E-state index is 0.0915. The number of hydrogen-bond donors (Lipinski definition) is 1. The highest BCUT2D eigenvalue weighted by Crippen LogP contribution is 2.39. The van der Waals surface area contributed by atoms with Crippen LogP contribution in [-0.4, -0.2) is 69.8 Å². The predicted molar refractivity (Wildman–Crippen MR) is 94.7 cm³/mol. The van der Waals surface area contributed by atoms with Crippen molar-refractivity contribution < 1.29 is 9.59 Å². The first kappa shape index (κ1) is 17.3. The lowest BCUT2D eigenvalue weighted by atomic mass is 9.73. The molecular formula is C17H26N4O2S. The largest absolute Gasteiger partial charge is 0.348 e. The van der Waals surface area contributed by atoms with Crippen molar-refractivity contribution >= 4 is 23.6 Å². The van der Waals surface area contributed by atoms with Gasteiger partial charge in [-0.05, 0) is 25.5 Å². The van der Waals surface area contributed by atoms with Gasteiger partial charge in [-0.2, -0.15) is 11.8 Å². The summed E-state index contributed by atoms with van der Waals surface area (Å²) in [4.78, 5) is 35.7. The minimum Gasteiger partial charge on any atom is -0.348 e. The molecule has 2 aliphatic rings. The second-order valence-electron chi connectivity index (χ2n) is 6.99. The molecule has 0 bridgehead atoms. The molecule has 2 aliphatic heterocycles. The summed E-state index contributed by atoms with van der Waals surface area (Å²) in [7, 11) is 0. The molecule has 0 aliphatic carbocycles. The van der Waals surface area contributed by atoms with Gasteiger partial charge in [0.25, 0.3) is 0 Å². The van der Waals surface area contributed by atoms with E-state index in [1.807, 2.05) is 22.3 Å². The normalized spacial score (nSPS) is 24.6. The fraction of sp³-hybridized carbons (Fsp3) is 0.706. The lowest BCUT2D eigenvalue weighted by Gasteiger charge is -2.48. The number of nitrogens with zero attached hydrogens (tertiary/aromatic N) is 3. The zero-order valence-corrected chi connectivity index (χ0v) is 15.1. The van der Waals surface area contributed by atoms with Gasteiger partial charge in [-0.3, -0.25) is 9.59 Å². The van der Waals surface area contributed by atoms with Crippen LogP contribution in [0.25, 0.3) is 0 Å². The van der Waals surface area contributed by atoms with Crippen LogP contribution >= 0.6 is 11.8 Å². The van der Waals surface area contributed by atoms with Crippen molar-refractivity contribution in [2.45, 2.75) is 32.1 Å². The molecule has 2 fully saturated rings. The van der Waals surface area contributed by atoms with E-state index in [-0.39, 0.29) is 17.2 Å². The van der Waals surface area contributed by atoms with E-state index in [2.05, 4.69) is 9.97 Å². The van der Waals surface area contributed by atoms with E-state index in [0.717, 1.165) is 57.6 Å². The third kappa shape index (κ3) is 3.94. The molecule has 1 N–H and O–H groups in total. The van der Waals surface area contributed by atoms with E-state index in [1.165, 1.54) is 0 Å². The zero-order chi connectivity index (χ0) is 17.0. The van der Waals surface area contributed by atoms with Crippen molar-refractivity contribution in [3.05, 3.63) is 18.2 Å². The Morgan fingerprint density at radius 3 is 3.04 bits per heavy atom. The number of H-pyrrole nitrogens is 1. The summed E-state index contributed by atoms with van der Waals surface area (Å²) in [5.74, 6) is 1.04. The standard InChI is InChI=1S/C17H26N4O2S/c1-24-10-16(23)20-7-2-5-17(11-20)6-3-15(22)21(12-17)8-4-14-9-18-13-19-14/h9,13H,2-8,10-12H2,1H3,(H,18,19)/t17-/m1/s1. The fourth-order valence-corrected chi connectivity index (χ4v) is 4.38. The Labute approximate surface area is 147 Å². The Morgan fingerprint density at radius 2 is 2.29 bits per heavy atom. The number of amides is 2. The average molecular weight is 350 g/mol. The van der Waals surface area contributed by atoms with Crippen LogP contribution in [0.1, 0.15) is 31.4 Å². The minimum absolute atomic E-state index is 0.0915. The van der Waals surface area contributed by atoms with E-state index < -0.39 is 0 Å². The Bertz CT molecular complexity index is 577. The SMILES string of the molecule is CSCC(=O)N1CCC[C@@]2(CCC(=O)N(CCc3cnc[nH]3)C2)C1. The summed E-state index contributed by atoms with van der Waals surface area (Å²) in [5.41, 5.74) is 1.15. The molecule has 1 aromatic rings. The number of carbonyl (C=O) groups excluding carboxylic acids is 2. The quantitative estimate of drug-likeness (QED) is 0.875. The highest BCUT2D eigenvalue weighted by Gasteiger charge is 2.42. The molecule has 3 heterocycles. The lowest BCUT2D eigenvalue weighted by molar-refractivity contribution is -0.142. The van der Waals surface area contributed by atoms with Gasteiger partial charge < -0.3 is 14.8 Å². The average Bonchev–Trinajstić information content (AvgIpc) is 3.10. The van der Waals surface area contributed by atoms with Gasteiger partial charge in [0.15, 0.2) is 0 Å². The molecule has 1 spiro atoms. The molecule has 2 amide bonds. The summed E-state index contributed by atoms with van der Waals surface area (Å²) in [5, 5.41) is 0. The molecular weight excluding hydrogens is 324 g/mol. The van der Waals surface area contributed by atoms with Crippen molar-refractivity contribution in [3.8, 4) is 0 Å². The van der Waals surface area contributed by atoms with Gasteiger partial charge >= 0.3 is 0 Å². The van der Waals surface area contributed by atoms with E-state index >= 15 is 0 Å². The Balaban J connectivity index is 1.62. The van der Waals surface area contributed by atoms with E-state index in [0.29, 0.717) is 12.2 Å². The maximum absolute atomic E-state index is 12.3. The summed E-state index contributed by atoms with van der Waals surface area (Å²) in [6.07, 6.45) is 9.93. The van der Waals surface area contributed by atoms with E-state index in [1.54, 1.807) is 18.1 Å². The second-order valence-corrected chi connectivity index (χ2v) is 7.86. The third-order valence-corrected chi connectivity index (χ3v) is 5.77. The smallest absolute Gasteiger partial charge is 0.232 e. The van der Waals surface area contributed by atoms with Gasteiger partial charge in [0.1, 0.15) is 0 Å². The van der Waals surface area contributed by atoms with Crippen molar-refractivity contribution in [2.24, 2.45) is 5.41 Å². The van der Waals surface area contributed by atoms with Gasteiger partial charge in [0, 0.05) is 56.3 Å². The Morgan fingerprint density at radius 1 is 1.42 bits per heavy atom. The van der Waals surface area contributed by atoms with Crippen LogP contribution in [-0.2, 0) is 16.0 Å². The number of rotatable bonds is 5. The third-order valence-electron chi connectivity index (χ3n) is 5.24. The number of imidazole rings is 1. The molecule has 3 rings (SSSR count). The van der Waals surface area contributed by atoms with Crippen molar-refractivity contribution in [3.63, 3.8) is 0 Å². The molecule has 2 saturated heterocycles. The highest BCUT2D eigenvalue weighted by atomic mass is 32.2.